The Hall–Kier alpha value is -1.55. The van der Waals surface area contributed by atoms with Gasteiger partial charge >= 0.3 is 0 Å². The summed E-state index contributed by atoms with van der Waals surface area (Å²) in [6.45, 7) is 4.11. The minimum Gasteiger partial charge on any atom is -0.271 e. The minimum atomic E-state index is -0.101. The summed E-state index contributed by atoms with van der Waals surface area (Å²) in [5.41, 5.74) is 1.45. The van der Waals surface area contributed by atoms with Crippen molar-refractivity contribution in [3.63, 3.8) is 0 Å². The monoisotopic (exact) mass is 329 g/mol. The second-order valence-electron chi connectivity index (χ2n) is 6.51. The average Bonchev–Trinajstić information content (AvgIpc) is 2.79. The second kappa shape index (κ2) is 6.91. The normalized spacial score (nSPS) is 20.0. The number of hydrogen-bond acceptors (Lipinski definition) is 3. The fourth-order valence-corrected chi connectivity index (χ4v) is 4.40. The van der Waals surface area contributed by atoms with Crippen molar-refractivity contribution in [1.82, 2.24) is 4.90 Å². The summed E-state index contributed by atoms with van der Waals surface area (Å²) >= 11 is 1.51. The van der Waals surface area contributed by atoms with Crippen LogP contribution in [0.4, 0.5) is 0 Å². The maximum Gasteiger partial charge on any atom is 0.268 e. The molecule has 0 spiro atoms. The zero-order valence-corrected chi connectivity index (χ0v) is 14.6. The first-order chi connectivity index (χ1) is 11.1. The molecule has 1 heterocycles. The van der Waals surface area contributed by atoms with Gasteiger partial charge in [0.25, 0.3) is 11.8 Å². The number of carbonyl (C=O) groups excluding carboxylic acids is 2. The van der Waals surface area contributed by atoms with Crippen molar-refractivity contribution < 1.29 is 9.59 Å². The predicted molar refractivity (Wildman–Crippen MR) is 94.8 cm³/mol. The van der Waals surface area contributed by atoms with E-state index in [1.165, 1.54) is 18.2 Å². The van der Waals surface area contributed by atoms with Crippen LogP contribution in [0.2, 0.25) is 0 Å². The van der Waals surface area contributed by atoms with Gasteiger partial charge in [-0.3, -0.25) is 14.5 Å². The smallest absolute Gasteiger partial charge is 0.268 e. The molecule has 0 N–H and O–H groups in total. The molecule has 3 nitrogen and oxygen atoms in total. The summed E-state index contributed by atoms with van der Waals surface area (Å²) in [5.74, 6) is -0.185. The van der Waals surface area contributed by atoms with Crippen LogP contribution in [-0.2, 0) is 9.59 Å². The van der Waals surface area contributed by atoms with Crippen LogP contribution in [0.1, 0.15) is 51.5 Å². The lowest BCUT2D eigenvalue weighted by Gasteiger charge is -2.30. The lowest BCUT2D eigenvalue weighted by atomic mass is 9.94. The van der Waals surface area contributed by atoms with Crippen LogP contribution in [0.3, 0.4) is 0 Å². The molecule has 0 aromatic heterocycles. The molecule has 0 saturated heterocycles. The summed E-state index contributed by atoms with van der Waals surface area (Å²) in [5, 5.41) is 0.270. The third-order valence-corrected chi connectivity index (χ3v) is 5.51. The van der Waals surface area contributed by atoms with Crippen molar-refractivity contribution in [1.29, 1.82) is 0 Å². The largest absolute Gasteiger partial charge is 0.271 e. The van der Waals surface area contributed by atoms with Gasteiger partial charge in [0.15, 0.2) is 0 Å². The van der Waals surface area contributed by atoms with Gasteiger partial charge in [0, 0.05) is 11.3 Å². The molecule has 1 aliphatic carbocycles. The molecule has 3 rings (SSSR count). The number of rotatable bonds is 4. The number of imide groups is 1. The van der Waals surface area contributed by atoms with Crippen LogP contribution < -0.4 is 0 Å². The Bertz CT molecular complexity index is 630. The molecule has 2 amide bonds. The molecule has 1 aromatic carbocycles. The maximum absolute atomic E-state index is 13.0. The van der Waals surface area contributed by atoms with Gasteiger partial charge in [0.1, 0.15) is 0 Å². The molecule has 23 heavy (non-hydrogen) atoms. The van der Waals surface area contributed by atoms with E-state index in [9.17, 15) is 9.59 Å². The van der Waals surface area contributed by atoms with Crippen LogP contribution in [0.5, 0.6) is 0 Å². The molecule has 1 aliphatic heterocycles. The van der Waals surface area contributed by atoms with Crippen LogP contribution in [-0.4, -0.2) is 28.0 Å². The summed E-state index contributed by atoms with van der Waals surface area (Å²) < 4.78 is 0. The van der Waals surface area contributed by atoms with Gasteiger partial charge in [-0.25, -0.2) is 0 Å². The van der Waals surface area contributed by atoms with E-state index < -0.39 is 0 Å². The Balaban J connectivity index is 1.99. The maximum atomic E-state index is 13.0. The molecule has 4 heteroatoms. The Morgan fingerprint density at radius 2 is 1.65 bits per heavy atom. The van der Waals surface area contributed by atoms with E-state index >= 15 is 0 Å². The Kier molecular flexibility index (Phi) is 4.90. The zero-order chi connectivity index (χ0) is 16.4. The quantitative estimate of drug-likeness (QED) is 0.775. The lowest BCUT2D eigenvalue weighted by Crippen LogP contribution is -2.42. The number of nitrogens with zero attached hydrogens (tertiary/aromatic N) is 1. The highest BCUT2D eigenvalue weighted by atomic mass is 32.2. The third kappa shape index (κ3) is 3.23. The molecule has 2 aliphatic rings. The number of carbonyl (C=O) groups is 2. The molecular weight excluding hydrogens is 306 g/mol. The van der Waals surface area contributed by atoms with Crippen LogP contribution >= 0.6 is 11.8 Å². The third-order valence-electron chi connectivity index (χ3n) is 4.43. The van der Waals surface area contributed by atoms with Crippen molar-refractivity contribution in [2.24, 2.45) is 0 Å². The number of hydrogen-bond donors (Lipinski definition) is 0. The molecule has 0 radical (unpaired) electrons. The molecule has 0 unspecified atom stereocenters. The van der Waals surface area contributed by atoms with E-state index in [4.69, 9.17) is 0 Å². The van der Waals surface area contributed by atoms with Crippen LogP contribution in [0.15, 0.2) is 35.2 Å². The summed E-state index contributed by atoms with van der Waals surface area (Å²) in [4.78, 5) is 28.2. The fourth-order valence-electron chi connectivity index (χ4n) is 3.40. The van der Waals surface area contributed by atoms with E-state index in [1.807, 2.05) is 30.3 Å². The van der Waals surface area contributed by atoms with Gasteiger partial charge in [0.2, 0.25) is 0 Å². The highest BCUT2D eigenvalue weighted by Crippen LogP contribution is 2.40. The first kappa shape index (κ1) is 16.3. The standard InChI is InChI=1S/C19H23NO2S/c1-13(2)23-17-16(14-9-5-3-6-10-14)18(21)20(19(17)22)15-11-7-4-8-12-15/h3,5-6,9-10,13,15H,4,7-8,11-12H2,1-2H3. The van der Waals surface area contributed by atoms with Gasteiger partial charge in [-0.1, -0.05) is 63.4 Å². The van der Waals surface area contributed by atoms with Crippen LogP contribution in [0.25, 0.3) is 5.57 Å². The van der Waals surface area contributed by atoms with Gasteiger partial charge in [-0.15, -0.1) is 11.8 Å². The van der Waals surface area contributed by atoms with E-state index in [2.05, 4.69) is 13.8 Å². The molecular formula is C19H23NO2S. The molecule has 122 valence electrons. The first-order valence-electron chi connectivity index (χ1n) is 8.44. The van der Waals surface area contributed by atoms with Crippen molar-refractivity contribution in [3.8, 4) is 0 Å². The fraction of sp³-hybridized carbons (Fsp3) is 0.474. The SMILES string of the molecule is CC(C)SC1=C(c2ccccc2)C(=O)N(C2CCCCC2)C1=O. The van der Waals surface area contributed by atoms with Crippen molar-refractivity contribution in [2.45, 2.75) is 57.2 Å². The molecule has 1 saturated carbocycles. The predicted octanol–water partition coefficient (Wildman–Crippen LogP) is 4.24. The van der Waals surface area contributed by atoms with Gasteiger partial charge < -0.3 is 0 Å². The van der Waals surface area contributed by atoms with E-state index in [1.54, 1.807) is 4.90 Å². The summed E-state index contributed by atoms with van der Waals surface area (Å²) in [6.07, 6.45) is 5.31. The molecule has 1 aromatic rings. The van der Waals surface area contributed by atoms with Crippen molar-refractivity contribution in [3.05, 3.63) is 40.8 Å². The number of benzene rings is 1. The topological polar surface area (TPSA) is 37.4 Å². The summed E-state index contributed by atoms with van der Waals surface area (Å²) in [7, 11) is 0. The highest BCUT2D eigenvalue weighted by Gasteiger charge is 2.43. The van der Waals surface area contributed by atoms with Crippen molar-refractivity contribution >= 4 is 29.1 Å². The Morgan fingerprint density at radius 1 is 1.00 bits per heavy atom. The molecule has 0 bridgehead atoms. The summed E-state index contributed by atoms with van der Waals surface area (Å²) in [6, 6.07) is 9.69. The number of amides is 2. The molecule has 0 atom stereocenters. The Labute approximate surface area is 142 Å². The molecule has 1 fully saturated rings. The first-order valence-corrected chi connectivity index (χ1v) is 9.32. The average molecular weight is 329 g/mol. The minimum absolute atomic E-state index is 0.0766. The second-order valence-corrected chi connectivity index (χ2v) is 8.10. The number of thioether (sulfide) groups is 1. The lowest BCUT2D eigenvalue weighted by molar-refractivity contribution is -0.139. The van der Waals surface area contributed by atoms with Crippen molar-refractivity contribution in [2.75, 3.05) is 0 Å². The van der Waals surface area contributed by atoms with Crippen LogP contribution in [0, 0.1) is 0 Å². The highest BCUT2D eigenvalue weighted by molar-refractivity contribution is 8.04. The van der Waals surface area contributed by atoms with E-state index in [-0.39, 0.29) is 23.1 Å². The van der Waals surface area contributed by atoms with E-state index in [0.29, 0.717) is 10.5 Å². The van der Waals surface area contributed by atoms with Gasteiger partial charge in [-0.05, 0) is 18.4 Å². The van der Waals surface area contributed by atoms with Gasteiger partial charge in [0.05, 0.1) is 10.5 Å². The van der Waals surface area contributed by atoms with E-state index in [0.717, 1.165) is 31.2 Å². The zero-order valence-electron chi connectivity index (χ0n) is 13.7. The Morgan fingerprint density at radius 3 is 2.26 bits per heavy atom. The van der Waals surface area contributed by atoms with Gasteiger partial charge in [-0.2, -0.15) is 0 Å².